The van der Waals surface area contributed by atoms with Crippen molar-refractivity contribution in [3.8, 4) is 11.9 Å². The van der Waals surface area contributed by atoms with Gasteiger partial charge in [0.1, 0.15) is 12.4 Å². The number of hydrogen-bond acceptors (Lipinski definition) is 5. The standard InChI is InChI=1S/C12H14N6/c1-9(2)14-6-10-3-4-12(15-7-10)18-8-16-11(5-13)17-18/h3-4,7-9,14H,6H2,1-2H3. The number of pyridine rings is 1. The summed E-state index contributed by atoms with van der Waals surface area (Å²) in [5.74, 6) is 0.791. The second kappa shape index (κ2) is 5.38. The zero-order valence-electron chi connectivity index (χ0n) is 10.3. The molecule has 0 aromatic carbocycles. The molecule has 0 unspecified atom stereocenters. The molecule has 1 N–H and O–H groups in total. The van der Waals surface area contributed by atoms with Gasteiger partial charge in [-0.3, -0.25) is 0 Å². The van der Waals surface area contributed by atoms with E-state index >= 15 is 0 Å². The molecule has 6 nitrogen and oxygen atoms in total. The number of nitriles is 1. The highest BCUT2D eigenvalue weighted by Gasteiger charge is 2.03. The Kier molecular flexibility index (Phi) is 3.65. The Morgan fingerprint density at radius 2 is 2.22 bits per heavy atom. The van der Waals surface area contributed by atoms with Crippen molar-refractivity contribution >= 4 is 0 Å². The van der Waals surface area contributed by atoms with E-state index in [4.69, 9.17) is 5.26 Å². The minimum Gasteiger partial charge on any atom is -0.310 e. The van der Waals surface area contributed by atoms with Crippen LogP contribution in [0.2, 0.25) is 0 Å². The van der Waals surface area contributed by atoms with Crippen LogP contribution in [-0.4, -0.2) is 25.8 Å². The Bertz CT molecular complexity index is 549. The molecule has 0 amide bonds. The largest absolute Gasteiger partial charge is 0.310 e. The zero-order valence-corrected chi connectivity index (χ0v) is 10.3. The molecule has 0 saturated heterocycles. The quantitative estimate of drug-likeness (QED) is 0.866. The van der Waals surface area contributed by atoms with E-state index in [0.717, 1.165) is 12.1 Å². The van der Waals surface area contributed by atoms with Crippen LogP contribution in [0, 0.1) is 11.3 Å². The van der Waals surface area contributed by atoms with Crippen LogP contribution in [-0.2, 0) is 6.54 Å². The molecule has 2 aromatic heterocycles. The normalized spacial score (nSPS) is 10.6. The number of rotatable bonds is 4. The first-order valence-corrected chi connectivity index (χ1v) is 5.69. The highest BCUT2D eigenvalue weighted by atomic mass is 15.4. The lowest BCUT2D eigenvalue weighted by atomic mass is 10.2. The van der Waals surface area contributed by atoms with Gasteiger partial charge in [0.15, 0.2) is 5.82 Å². The van der Waals surface area contributed by atoms with Crippen molar-refractivity contribution in [2.75, 3.05) is 0 Å². The van der Waals surface area contributed by atoms with E-state index < -0.39 is 0 Å². The highest BCUT2D eigenvalue weighted by Crippen LogP contribution is 2.04. The van der Waals surface area contributed by atoms with E-state index in [1.54, 1.807) is 6.20 Å². The van der Waals surface area contributed by atoms with Crippen molar-refractivity contribution in [2.24, 2.45) is 0 Å². The van der Waals surface area contributed by atoms with Crippen molar-refractivity contribution in [1.82, 2.24) is 25.1 Å². The Balaban J connectivity index is 2.10. The fourth-order valence-corrected chi connectivity index (χ4v) is 1.40. The van der Waals surface area contributed by atoms with Crippen LogP contribution >= 0.6 is 0 Å². The molecule has 0 saturated carbocycles. The Hall–Kier alpha value is -2.26. The predicted molar refractivity (Wildman–Crippen MR) is 65.8 cm³/mol. The first kappa shape index (κ1) is 12.2. The summed E-state index contributed by atoms with van der Waals surface area (Å²) in [6, 6.07) is 6.16. The molecule has 92 valence electrons. The van der Waals surface area contributed by atoms with Crippen molar-refractivity contribution in [2.45, 2.75) is 26.4 Å². The number of nitrogens with zero attached hydrogens (tertiary/aromatic N) is 5. The summed E-state index contributed by atoms with van der Waals surface area (Å²) < 4.78 is 1.48. The monoisotopic (exact) mass is 242 g/mol. The first-order valence-electron chi connectivity index (χ1n) is 5.69. The van der Waals surface area contributed by atoms with Gasteiger partial charge in [-0.15, -0.1) is 5.10 Å². The molecule has 0 atom stereocenters. The van der Waals surface area contributed by atoms with E-state index in [0.29, 0.717) is 11.9 Å². The van der Waals surface area contributed by atoms with Crippen LogP contribution < -0.4 is 5.32 Å². The summed E-state index contributed by atoms with van der Waals surface area (Å²) in [4.78, 5) is 8.12. The Labute approximate surface area is 105 Å². The van der Waals surface area contributed by atoms with Gasteiger partial charge in [-0.1, -0.05) is 19.9 Å². The summed E-state index contributed by atoms with van der Waals surface area (Å²) in [6.07, 6.45) is 3.27. The highest BCUT2D eigenvalue weighted by molar-refractivity contribution is 5.24. The molecule has 0 aliphatic rings. The van der Waals surface area contributed by atoms with Gasteiger partial charge in [0.05, 0.1) is 0 Å². The summed E-state index contributed by atoms with van der Waals surface area (Å²) >= 11 is 0. The van der Waals surface area contributed by atoms with Crippen molar-refractivity contribution < 1.29 is 0 Å². The molecule has 2 rings (SSSR count). The van der Waals surface area contributed by atoms with E-state index in [2.05, 4.69) is 34.2 Å². The molecule has 2 aromatic rings. The Morgan fingerprint density at radius 3 is 2.78 bits per heavy atom. The van der Waals surface area contributed by atoms with E-state index in [1.807, 2.05) is 18.2 Å². The summed E-state index contributed by atoms with van der Waals surface area (Å²) in [5, 5.41) is 15.9. The molecule has 0 radical (unpaired) electrons. The predicted octanol–water partition coefficient (Wildman–Crippen LogP) is 1.03. The molecule has 0 spiro atoms. The minimum atomic E-state index is 0.141. The average molecular weight is 242 g/mol. The van der Waals surface area contributed by atoms with Crippen LogP contribution in [0.3, 0.4) is 0 Å². The van der Waals surface area contributed by atoms with Crippen LogP contribution in [0.4, 0.5) is 0 Å². The van der Waals surface area contributed by atoms with Gasteiger partial charge >= 0.3 is 0 Å². The van der Waals surface area contributed by atoms with Crippen LogP contribution in [0.15, 0.2) is 24.7 Å². The lowest BCUT2D eigenvalue weighted by Gasteiger charge is -2.07. The van der Waals surface area contributed by atoms with Gasteiger partial charge in [0.2, 0.25) is 0 Å². The lowest BCUT2D eigenvalue weighted by Crippen LogP contribution is -2.21. The van der Waals surface area contributed by atoms with Gasteiger partial charge in [0, 0.05) is 18.8 Å². The smallest absolute Gasteiger partial charge is 0.252 e. The van der Waals surface area contributed by atoms with Crippen molar-refractivity contribution in [3.05, 3.63) is 36.0 Å². The fraction of sp³-hybridized carbons (Fsp3) is 0.333. The fourth-order valence-electron chi connectivity index (χ4n) is 1.40. The summed E-state index contributed by atoms with van der Waals surface area (Å²) in [6.45, 7) is 4.98. The molecule has 0 aliphatic heterocycles. The van der Waals surface area contributed by atoms with Crippen LogP contribution in [0.25, 0.3) is 5.82 Å². The number of aromatic nitrogens is 4. The number of nitrogens with one attached hydrogen (secondary N) is 1. The lowest BCUT2D eigenvalue weighted by molar-refractivity contribution is 0.587. The third kappa shape index (κ3) is 2.90. The average Bonchev–Trinajstić information content (AvgIpc) is 2.85. The molecule has 18 heavy (non-hydrogen) atoms. The minimum absolute atomic E-state index is 0.141. The Morgan fingerprint density at radius 1 is 1.39 bits per heavy atom. The van der Waals surface area contributed by atoms with Crippen molar-refractivity contribution in [3.63, 3.8) is 0 Å². The van der Waals surface area contributed by atoms with E-state index in [-0.39, 0.29) is 5.82 Å². The van der Waals surface area contributed by atoms with Gasteiger partial charge < -0.3 is 5.32 Å². The van der Waals surface area contributed by atoms with Crippen LogP contribution in [0.5, 0.6) is 0 Å². The van der Waals surface area contributed by atoms with E-state index in [1.165, 1.54) is 11.0 Å². The molecule has 0 aliphatic carbocycles. The SMILES string of the molecule is CC(C)NCc1ccc(-n2cnc(C#N)n2)nc1. The van der Waals surface area contributed by atoms with Crippen LogP contribution in [0.1, 0.15) is 25.2 Å². The molecule has 6 heteroatoms. The third-order valence-electron chi connectivity index (χ3n) is 2.35. The molecular weight excluding hydrogens is 228 g/mol. The van der Waals surface area contributed by atoms with Gasteiger partial charge in [-0.05, 0) is 11.6 Å². The molecule has 0 fully saturated rings. The summed E-state index contributed by atoms with van der Waals surface area (Å²) in [5.41, 5.74) is 1.10. The maximum absolute atomic E-state index is 8.65. The second-order valence-corrected chi connectivity index (χ2v) is 4.18. The second-order valence-electron chi connectivity index (χ2n) is 4.18. The molecule has 0 bridgehead atoms. The van der Waals surface area contributed by atoms with Gasteiger partial charge in [0.25, 0.3) is 5.82 Å². The topological polar surface area (TPSA) is 79.4 Å². The molecular formula is C12H14N6. The maximum atomic E-state index is 8.65. The molecule has 2 heterocycles. The van der Waals surface area contributed by atoms with E-state index in [9.17, 15) is 0 Å². The van der Waals surface area contributed by atoms with Gasteiger partial charge in [-0.25, -0.2) is 14.6 Å². The maximum Gasteiger partial charge on any atom is 0.252 e. The zero-order chi connectivity index (χ0) is 13.0. The summed E-state index contributed by atoms with van der Waals surface area (Å²) in [7, 11) is 0. The van der Waals surface area contributed by atoms with Crippen molar-refractivity contribution in [1.29, 1.82) is 5.26 Å². The number of hydrogen-bond donors (Lipinski definition) is 1. The third-order valence-corrected chi connectivity index (χ3v) is 2.35. The van der Waals surface area contributed by atoms with Gasteiger partial charge in [-0.2, -0.15) is 5.26 Å². The first-order chi connectivity index (χ1) is 8.69.